The number of aromatic nitrogens is 1. The second-order valence-corrected chi connectivity index (χ2v) is 9.19. The van der Waals surface area contributed by atoms with Crippen molar-refractivity contribution in [1.29, 1.82) is 0 Å². The molecule has 2 N–H and O–H groups in total. The van der Waals surface area contributed by atoms with E-state index in [2.05, 4.69) is 15.6 Å². The molecular formula is C23H29ClN4O4S. The number of rotatable bonds is 11. The third-order valence-electron chi connectivity index (χ3n) is 5.57. The lowest BCUT2D eigenvalue weighted by Gasteiger charge is -2.36. The molecule has 1 heterocycles. The van der Waals surface area contributed by atoms with Gasteiger partial charge in [0.05, 0.1) is 6.61 Å². The predicted octanol–water partition coefficient (Wildman–Crippen LogP) is 3.79. The van der Waals surface area contributed by atoms with Gasteiger partial charge in [-0.3, -0.25) is 14.4 Å². The maximum absolute atomic E-state index is 13.5. The molecule has 1 aliphatic carbocycles. The van der Waals surface area contributed by atoms with Crippen molar-refractivity contribution in [3.05, 3.63) is 46.4 Å². The van der Waals surface area contributed by atoms with Crippen LogP contribution < -0.4 is 10.6 Å². The molecule has 0 spiro atoms. The van der Waals surface area contributed by atoms with E-state index in [0.717, 1.165) is 25.7 Å². The summed E-state index contributed by atoms with van der Waals surface area (Å²) in [5, 5.41) is 8.39. The molecule has 0 radical (unpaired) electrons. The maximum Gasteiger partial charge on any atom is 0.247 e. The molecule has 1 aromatic heterocycles. The van der Waals surface area contributed by atoms with Gasteiger partial charge < -0.3 is 20.3 Å². The number of halogens is 1. The van der Waals surface area contributed by atoms with Crippen LogP contribution in [0.3, 0.4) is 0 Å². The molecule has 1 atom stereocenters. The summed E-state index contributed by atoms with van der Waals surface area (Å²) in [6, 6.07) is 6.10. The van der Waals surface area contributed by atoms with Gasteiger partial charge in [-0.1, -0.05) is 36.6 Å². The van der Waals surface area contributed by atoms with Gasteiger partial charge in [-0.2, -0.15) is 0 Å². The van der Waals surface area contributed by atoms with Gasteiger partial charge in [-0.15, -0.1) is 11.3 Å². The minimum Gasteiger partial charge on any atom is -0.383 e. The summed E-state index contributed by atoms with van der Waals surface area (Å²) in [4.78, 5) is 44.8. The van der Waals surface area contributed by atoms with Crippen LogP contribution in [0.25, 0.3) is 0 Å². The van der Waals surface area contributed by atoms with E-state index in [1.807, 2.05) is 0 Å². The van der Waals surface area contributed by atoms with Crippen LogP contribution >= 0.6 is 22.9 Å². The second kappa shape index (κ2) is 12.7. The molecule has 1 saturated carbocycles. The standard InChI is InChI=1S/C23H29ClN4O4S/c1-32-14-12-25-22(31)21(16-6-8-17(24)9-7-16)28(18-4-2-3-5-18)20(30)11-10-19(29)27-23-26-13-15-33-23/h6-9,13,15,18,21H,2-5,10-12,14H2,1H3,(H,25,31)(H,26,27,29)/t21-/m1/s1. The Balaban J connectivity index is 1.80. The van der Waals surface area contributed by atoms with Gasteiger partial charge in [-0.25, -0.2) is 4.98 Å². The highest BCUT2D eigenvalue weighted by Crippen LogP contribution is 2.33. The van der Waals surface area contributed by atoms with Crippen LogP contribution in [0, 0.1) is 0 Å². The lowest BCUT2D eigenvalue weighted by Crippen LogP contribution is -2.48. The Kier molecular flexibility index (Phi) is 9.65. The molecule has 0 saturated heterocycles. The van der Waals surface area contributed by atoms with E-state index in [9.17, 15) is 14.4 Å². The van der Waals surface area contributed by atoms with E-state index in [1.54, 1.807) is 47.9 Å². The lowest BCUT2D eigenvalue weighted by atomic mass is 10.00. The van der Waals surface area contributed by atoms with E-state index in [4.69, 9.17) is 16.3 Å². The van der Waals surface area contributed by atoms with E-state index in [0.29, 0.717) is 28.9 Å². The third kappa shape index (κ3) is 7.25. The minimum absolute atomic E-state index is 0.00312. The fourth-order valence-corrected chi connectivity index (χ4v) is 4.68. The fraction of sp³-hybridized carbons (Fsp3) is 0.478. The second-order valence-electron chi connectivity index (χ2n) is 7.86. The van der Waals surface area contributed by atoms with E-state index in [1.165, 1.54) is 11.3 Å². The van der Waals surface area contributed by atoms with Gasteiger partial charge in [0.2, 0.25) is 17.7 Å². The molecule has 1 fully saturated rings. The molecule has 3 amide bonds. The van der Waals surface area contributed by atoms with Crippen molar-refractivity contribution in [1.82, 2.24) is 15.2 Å². The monoisotopic (exact) mass is 492 g/mol. The molecule has 0 aliphatic heterocycles. The Bertz CT molecular complexity index is 917. The summed E-state index contributed by atoms with van der Waals surface area (Å²) < 4.78 is 5.05. The number of benzene rings is 1. The van der Waals surface area contributed by atoms with Gasteiger partial charge >= 0.3 is 0 Å². The van der Waals surface area contributed by atoms with Gasteiger partial charge in [0.1, 0.15) is 6.04 Å². The van der Waals surface area contributed by atoms with Crippen LogP contribution in [-0.4, -0.2) is 53.9 Å². The van der Waals surface area contributed by atoms with Gasteiger partial charge in [-0.05, 0) is 30.5 Å². The SMILES string of the molecule is COCCNC(=O)[C@@H](c1ccc(Cl)cc1)N(C(=O)CCC(=O)Nc1nccs1)C1CCCC1. The topological polar surface area (TPSA) is 101 Å². The molecule has 3 rings (SSSR count). The van der Waals surface area contributed by atoms with Crippen molar-refractivity contribution >= 4 is 45.8 Å². The molecule has 33 heavy (non-hydrogen) atoms. The average Bonchev–Trinajstić information content (AvgIpc) is 3.51. The normalized spacial score (nSPS) is 14.6. The van der Waals surface area contributed by atoms with Crippen molar-refractivity contribution in [3.63, 3.8) is 0 Å². The highest BCUT2D eigenvalue weighted by Gasteiger charge is 2.37. The van der Waals surface area contributed by atoms with Crippen LogP contribution in [0.5, 0.6) is 0 Å². The quantitative estimate of drug-likeness (QED) is 0.465. The third-order valence-corrected chi connectivity index (χ3v) is 6.51. The van der Waals surface area contributed by atoms with Crippen molar-refractivity contribution in [2.24, 2.45) is 0 Å². The number of hydrogen-bond acceptors (Lipinski definition) is 6. The van der Waals surface area contributed by atoms with Crippen LogP contribution in [0.1, 0.15) is 50.1 Å². The summed E-state index contributed by atoms with van der Waals surface area (Å²) in [6.45, 7) is 0.704. The van der Waals surface area contributed by atoms with Crippen molar-refractivity contribution in [3.8, 4) is 0 Å². The Morgan fingerprint density at radius 2 is 1.94 bits per heavy atom. The number of nitrogens with one attached hydrogen (secondary N) is 2. The molecule has 178 valence electrons. The summed E-state index contributed by atoms with van der Waals surface area (Å²) >= 11 is 7.38. The lowest BCUT2D eigenvalue weighted by molar-refractivity contribution is -0.144. The first-order valence-electron chi connectivity index (χ1n) is 11.0. The molecule has 1 aliphatic rings. The summed E-state index contributed by atoms with van der Waals surface area (Å²) in [5.74, 6) is -0.780. The first-order valence-corrected chi connectivity index (χ1v) is 12.3. The van der Waals surface area contributed by atoms with Gasteiger partial charge in [0, 0.05) is 49.1 Å². The van der Waals surface area contributed by atoms with Crippen LogP contribution in [0.15, 0.2) is 35.8 Å². The number of anilines is 1. The first kappa shape index (κ1) is 25.1. The van der Waals surface area contributed by atoms with E-state index in [-0.39, 0.29) is 36.6 Å². The summed E-state index contributed by atoms with van der Waals surface area (Å²) in [7, 11) is 1.56. The zero-order valence-corrected chi connectivity index (χ0v) is 20.2. The highest BCUT2D eigenvalue weighted by molar-refractivity contribution is 7.13. The van der Waals surface area contributed by atoms with Crippen LogP contribution in [-0.2, 0) is 19.1 Å². The number of nitrogens with zero attached hydrogens (tertiary/aromatic N) is 2. The van der Waals surface area contributed by atoms with Gasteiger partial charge in [0.15, 0.2) is 5.13 Å². The number of thiazole rings is 1. The number of methoxy groups -OCH3 is 1. The van der Waals surface area contributed by atoms with E-state index < -0.39 is 6.04 Å². The Morgan fingerprint density at radius 3 is 2.58 bits per heavy atom. The Morgan fingerprint density at radius 1 is 1.21 bits per heavy atom. The summed E-state index contributed by atoms with van der Waals surface area (Å²) in [6.07, 6.45) is 5.27. The number of amides is 3. The molecular weight excluding hydrogens is 464 g/mol. The maximum atomic E-state index is 13.5. The van der Waals surface area contributed by atoms with Crippen molar-refractivity contribution in [2.45, 2.75) is 50.6 Å². The zero-order chi connectivity index (χ0) is 23.6. The highest BCUT2D eigenvalue weighted by atomic mass is 35.5. The number of hydrogen-bond donors (Lipinski definition) is 2. The Hall–Kier alpha value is -2.49. The van der Waals surface area contributed by atoms with Crippen molar-refractivity contribution in [2.75, 3.05) is 25.6 Å². The van der Waals surface area contributed by atoms with Crippen LogP contribution in [0.4, 0.5) is 5.13 Å². The molecule has 0 bridgehead atoms. The first-order chi connectivity index (χ1) is 16.0. The Labute approximate surface area is 202 Å². The fourth-order valence-electron chi connectivity index (χ4n) is 4.01. The molecule has 8 nitrogen and oxygen atoms in total. The zero-order valence-electron chi connectivity index (χ0n) is 18.6. The minimum atomic E-state index is -0.809. The van der Waals surface area contributed by atoms with Crippen molar-refractivity contribution < 1.29 is 19.1 Å². The molecule has 2 aromatic rings. The largest absolute Gasteiger partial charge is 0.383 e. The molecule has 1 aromatic carbocycles. The number of ether oxygens (including phenoxy) is 1. The number of carbonyl (C=O) groups excluding carboxylic acids is 3. The average molecular weight is 493 g/mol. The molecule has 0 unspecified atom stereocenters. The smallest absolute Gasteiger partial charge is 0.247 e. The molecule has 10 heteroatoms. The van der Waals surface area contributed by atoms with Gasteiger partial charge in [0.25, 0.3) is 0 Å². The summed E-state index contributed by atoms with van der Waals surface area (Å²) in [5.41, 5.74) is 0.682. The number of carbonyl (C=O) groups is 3. The van der Waals surface area contributed by atoms with Crippen LogP contribution in [0.2, 0.25) is 5.02 Å². The van der Waals surface area contributed by atoms with E-state index >= 15 is 0 Å². The predicted molar refractivity (Wildman–Crippen MR) is 128 cm³/mol.